The largest absolute Gasteiger partial charge is 0.496 e. The number of aliphatic carboxylic acids is 1. The molecule has 8 nitrogen and oxygen atoms in total. The van der Waals surface area contributed by atoms with Gasteiger partial charge in [-0.15, -0.1) is 0 Å². The molecule has 0 aliphatic carbocycles. The van der Waals surface area contributed by atoms with E-state index < -0.39 is 35.8 Å². The summed E-state index contributed by atoms with van der Waals surface area (Å²) in [7, 11) is 1.38. The van der Waals surface area contributed by atoms with E-state index in [4.69, 9.17) is 4.74 Å². The lowest BCUT2D eigenvalue weighted by atomic mass is 10.1. The average Bonchev–Trinajstić information content (AvgIpc) is 2.75. The standard InChI is InChI=1S/C22H20FN3O5/c1-31-19-12-15(23)7-8-16(19)17-9-10-21(28)26(25-17)13-20(27)24-18(22(29)30)11-14-5-3-2-4-6-14/h2-10,12,18H,11,13H2,1H3,(H,24,27)(H,29,30)/t18-/m1/s1. The van der Waals surface area contributed by atoms with Crippen molar-refractivity contribution in [2.45, 2.75) is 19.0 Å². The molecule has 0 spiro atoms. The molecule has 1 atom stereocenters. The van der Waals surface area contributed by atoms with Crippen LogP contribution in [0.4, 0.5) is 4.39 Å². The SMILES string of the molecule is COc1cc(F)ccc1-c1ccc(=O)n(CC(=O)N[C@H](Cc2ccccc2)C(=O)O)n1. The van der Waals surface area contributed by atoms with Gasteiger partial charge in [0.1, 0.15) is 24.2 Å². The topological polar surface area (TPSA) is 111 Å². The molecule has 2 aromatic carbocycles. The highest BCUT2D eigenvalue weighted by molar-refractivity contribution is 5.83. The van der Waals surface area contributed by atoms with Crippen molar-refractivity contribution in [3.8, 4) is 17.0 Å². The summed E-state index contributed by atoms with van der Waals surface area (Å²) >= 11 is 0. The van der Waals surface area contributed by atoms with E-state index in [2.05, 4.69) is 10.4 Å². The molecule has 160 valence electrons. The van der Waals surface area contributed by atoms with Crippen LogP contribution in [0.2, 0.25) is 0 Å². The zero-order chi connectivity index (χ0) is 22.4. The van der Waals surface area contributed by atoms with E-state index in [1.807, 2.05) is 0 Å². The van der Waals surface area contributed by atoms with Crippen molar-refractivity contribution in [3.05, 3.63) is 82.4 Å². The monoisotopic (exact) mass is 425 g/mol. The van der Waals surface area contributed by atoms with Crippen LogP contribution in [0.25, 0.3) is 11.3 Å². The Labute approximate surface area is 176 Å². The number of carboxylic acid groups (broad SMARTS) is 1. The van der Waals surface area contributed by atoms with Gasteiger partial charge in [0.25, 0.3) is 5.56 Å². The molecule has 0 saturated carbocycles. The van der Waals surface area contributed by atoms with Crippen LogP contribution in [0, 0.1) is 5.82 Å². The van der Waals surface area contributed by atoms with Gasteiger partial charge in [-0.3, -0.25) is 9.59 Å². The number of carbonyl (C=O) groups is 2. The lowest BCUT2D eigenvalue weighted by Gasteiger charge is -2.15. The first-order chi connectivity index (χ1) is 14.9. The van der Waals surface area contributed by atoms with Crippen molar-refractivity contribution in [2.75, 3.05) is 7.11 Å². The smallest absolute Gasteiger partial charge is 0.326 e. The fourth-order valence-electron chi connectivity index (χ4n) is 3.01. The van der Waals surface area contributed by atoms with Crippen LogP contribution in [0.5, 0.6) is 5.75 Å². The van der Waals surface area contributed by atoms with Crippen LogP contribution in [-0.4, -0.2) is 39.9 Å². The molecule has 0 unspecified atom stereocenters. The van der Waals surface area contributed by atoms with E-state index >= 15 is 0 Å². The van der Waals surface area contributed by atoms with Crippen molar-refractivity contribution < 1.29 is 23.8 Å². The van der Waals surface area contributed by atoms with Crippen molar-refractivity contribution in [3.63, 3.8) is 0 Å². The molecule has 1 heterocycles. The van der Waals surface area contributed by atoms with Crippen molar-refractivity contribution >= 4 is 11.9 Å². The van der Waals surface area contributed by atoms with E-state index in [1.165, 1.54) is 37.4 Å². The summed E-state index contributed by atoms with van der Waals surface area (Å²) in [5, 5.41) is 16.0. The number of amides is 1. The van der Waals surface area contributed by atoms with Gasteiger partial charge in [-0.1, -0.05) is 30.3 Å². The first kappa shape index (κ1) is 21.7. The Morgan fingerprint density at radius 1 is 1.16 bits per heavy atom. The minimum atomic E-state index is -1.19. The van der Waals surface area contributed by atoms with E-state index in [0.29, 0.717) is 11.3 Å². The molecule has 9 heteroatoms. The van der Waals surface area contributed by atoms with E-state index in [9.17, 15) is 23.9 Å². The number of methoxy groups -OCH3 is 1. The van der Waals surface area contributed by atoms with Gasteiger partial charge in [0, 0.05) is 24.1 Å². The summed E-state index contributed by atoms with van der Waals surface area (Å²) < 4.78 is 19.5. The van der Waals surface area contributed by atoms with E-state index in [0.717, 1.165) is 10.2 Å². The maximum Gasteiger partial charge on any atom is 0.326 e. The summed E-state index contributed by atoms with van der Waals surface area (Å²) in [5.41, 5.74) is 0.930. The number of hydrogen-bond donors (Lipinski definition) is 2. The van der Waals surface area contributed by atoms with Crippen LogP contribution in [-0.2, 0) is 22.6 Å². The molecule has 0 bridgehead atoms. The highest BCUT2D eigenvalue weighted by Gasteiger charge is 2.21. The second kappa shape index (κ2) is 9.66. The summed E-state index contributed by atoms with van der Waals surface area (Å²) in [6.45, 7) is -0.477. The average molecular weight is 425 g/mol. The van der Waals surface area contributed by atoms with Crippen LogP contribution in [0.1, 0.15) is 5.56 Å². The summed E-state index contributed by atoms with van der Waals surface area (Å²) in [6, 6.07) is 14.2. The third kappa shape index (κ3) is 5.53. The fraction of sp³-hybridized carbons (Fsp3) is 0.182. The first-order valence-corrected chi connectivity index (χ1v) is 9.35. The molecular weight excluding hydrogens is 405 g/mol. The highest BCUT2D eigenvalue weighted by atomic mass is 19.1. The molecule has 3 aromatic rings. The Morgan fingerprint density at radius 2 is 1.90 bits per heavy atom. The predicted octanol–water partition coefficient (Wildman–Crippen LogP) is 1.87. The van der Waals surface area contributed by atoms with Crippen molar-refractivity contribution in [2.24, 2.45) is 0 Å². The fourth-order valence-corrected chi connectivity index (χ4v) is 3.01. The number of nitrogens with one attached hydrogen (secondary N) is 1. The zero-order valence-electron chi connectivity index (χ0n) is 16.6. The molecule has 0 radical (unpaired) electrons. The van der Waals surface area contributed by atoms with Gasteiger partial charge in [-0.2, -0.15) is 5.10 Å². The van der Waals surface area contributed by atoms with Crippen LogP contribution < -0.4 is 15.6 Å². The van der Waals surface area contributed by atoms with E-state index in [1.54, 1.807) is 30.3 Å². The van der Waals surface area contributed by atoms with Crippen LogP contribution in [0.3, 0.4) is 0 Å². The van der Waals surface area contributed by atoms with Gasteiger partial charge < -0.3 is 15.2 Å². The van der Waals surface area contributed by atoms with Gasteiger partial charge >= 0.3 is 5.97 Å². The molecule has 2 N–H and O–H groups in total. The number of aromatic nitrogens is 2. The van der Waals surface area contributed by atoms with Gasteiger partial charge in [-0.25, -0.2) is 13.9 Å². The minimum Gasteiger partial charge on any atom is -0.496 e. The molecule has 0 aliphatic heterocycles. The Balaban J connectivity index is 1.79. The number of ether oxygens (including phenoxy) is 1. The molecular formula is C22H20FN3O5. The summed E-state index contributed by atoms with van der Waals surface area (Å²) in [5.74, 6) is -2.15. The maximum atomic E-state index is 13.5. The quantitative estimate of drug-likeness (QED) is 0.570. The van der Waals surface area contributed by atoms with E-state index in [-0.39, 0.29) is 12.2 Å². The second-order valence-electron chi connectivity index (χ2n) is 6.71. The van der Waals surface area contributed by atoms with Crippen LogP contribution in [0.15, 0.2) is 65.5 Å². The molecule has 3 rings (SSSR count). The molecule has 1 aromatic heterocycles. The Hall–Kier alpha value is -4.01. The lowest BCUT2D eigenvalue weighted by molar-refractivity contribution is -0.141. The normalized spacial score (nSPS) is 11.5. The molecule has 1 amide bonds. The van der Waals surface area contributed by atoms with Gasteiger partial charge in [0.2, 0.25) is 5.91 Å². The number of carboxylic acids is 1. The molecule has 0 aliphatic rings. The summed E-state index contributed by atoms with van der Waals surface area (Å²) in [6.07, 6.45) is 0.0943. The molecule has 0 saturated heterocycles. The number of benzene rings is 2. The lowest BCUT2D eigenvalue weighted by Crippen LogP contribution is -2.44. The number of rotatable bonds is 8. The van der Waals surface area contributed by atoms with Gasteiger partial charge in [0.05, 0.1) is 12.8 Å². The maximum absolute atomic E-state index is 13.5. The van der Waals surface area contributed by atoms with Crippen molar-refractivity contribution in [1.82, 2.24) is 15.1 Å². The Morgan fingerprint density at radius 3 is 2.58 bits per heavy atom. The van der Waals surface area contributed by atoms with Crippen molar-refractivity contribution in [1.29, 1.82) is 0 Å². The molecule has 0 fully saturated rings. The van der Waals surface area contributed by atoms with Crippen LogP contribution >= 0.6 is 0 Å². The Kier molecular flexibility index (Phi) is 6.76. The number of nitrogens with zero attached hydrogens (tertiary/aromatic N) is 2. The summed E-state index contributed by atoms with van der Waals surface area (Å²) in [4.78, 5) is 36.2. The minimum absolute atomic E-state index is 0.0943. The van der Waals surface area contributed by atoms with Gasteiger partial charge in [-0.05, 0) is 23.8 Å². The number of carbonyl (C=O) groups excluding carboxylic acids is 1. The Bertz CT molecular complexity index is 1150. The second-order valence-corrected chi connectivity index (χ2v) is 6.71. The first-order valence-electron chi connectivity index (χ1n) is 9.35. The highest BCUT2D eigenvalue weighted by Crippen LogP contribution is 2.28. The third-order valence-electron chi connectivity index (χ3n) is 4.52. The number of halogens is 1. The number of hydrogen-bond acceptors (Lipinski definition) is 5. The zero-order valence-corrected chi connectivity index (χ0v) is 16.6. The molecule has 31 heavy (non-hydrogen) atoms. The third-order valence-corrected chi connectivity index (χ3v) is 4.52. The van der Waals surface area contributed by atoms with Gasteiger partial charge in [0.15, 0.2) is 0 Å². The predicted molar refractivity (Wildman–Crippen MR) is 110 cm³/mol.